The largest absolute Gasteiger partial charge is 0.493 e. The number of rotatable bonds is 3. The van der Waals surface area contributed by atoms with E-state index in [0.29, 0.717) is 0 Å². The first-order valence-electron chi connectivity index (χ1n) is 4.33. The van der Waals surface area contributed by atoms with E-state index >= 15 is 0 Å². The summed E-state index contributed by atoms with van der Waals surface area (Å²) in [6.45, 7) is 3.17. The Hall–Kier alpha value is -1.20. The highest BCUT2D eigenvalue weighted by Gasteiger charge is 2.27. The number of ether oxygens (including phenoxy) is 1. The van der Waals surface area contributed by atoms with Crippen LogP contribution in [0.1, 0.15) is 19.4 Å². The van der Waals surface area contributed by atoms with Gasteiger partial charge in [0.1, 0.15) is 11.4 Å². The van der Waals surface area contributed by atoms with Crippen molar-refractivity contribution in [2.75, 3.05) is 7.11 Å². The normalized spacial score (nSPS) is 11.6. The van der Waals surface area contributed by atoms with Gasteiger partial charge in [-0.15, -0.1) is 0 Å². The van der Waals surface area contributed by atoms with Gasteiger partial charge in [0, 0.05) is 11.6 Å². The third-order valence-electron chi connectivity index (χ3n) is 2.16. The van der Waals surface area contributed by atoms with Crippen LogP contribution in [0, 0.1) is 11.6 Å². The Kier molecular flexibility index (Phi) is 3.26. The molecular formula is C10H13F2NO2. The van der Waals surface area contributed by atoms with Crippen molar-refractivity contribution in [3.63, 3.8) is 0 Å². The minimum absolute atomic E-state index is 0.0631. The van der Waals surface area contributed by atoms with Gasteiger partial charge in [-0.1, -0.05) is 0 Å². The first kappa shape index (κ1) is 11.9. The Morgan fingerprint density at radius 2 is 1.87 bits per heavy atom. The summed E-state index contributed by atoms with van der Waals surface area (Å²) in [6.07, 6.45) is 0. The molecule has 2 N–H and O–H groups in total. The maximum absolute atomic E-state index is 13.3. The zero-order valence-electron chi connectivity index (χ0n) is 8.80. The molecule has 0 aliphatic rings. The molecule has 0 amide bonds. The zero-order valence-corrected chi connectivity index (χ0v) is 8.80. The van der Waals surface area contributed by atoms with Gasteiger partial charge in [0.15, 0.2) is 11.6 Å². The van der Waals surface area contributed by atoms with Gasteiger partial charge in [0.05, 0.1) is 7.11 Å². The number of halogens is 2. The van der Waals surface area contributed by atoms with Crippen molar-refractivity contribution in [1.82, 2.24) is 0 Å². The molecule has 0 radical (unpaired) electrons. The van der Waals surface area contributed by atoms with Crippen LogP contribution in [0.4, 0.5) is 8.78 Å². The Morgan fingerprint density at radius 3 is 2.33 bits per heavy atom. The van der Waals surface area contributed by atoms with Gasteiger partial charge in [0.25, 0.3) is 0 Å². The standard InChI is InChI=1S/C10H13F2NO2/c1-10(2,15-13)7-4-6(11)5-8(12)9(7)14-3/h4-5H,13H2,1-3H3. The maximum atomic E-state index is 13.3. The van der Waals surface area contributed by atoms with Crippen molar-refractivity contribution in [3.8, 4) is 5.75 Å². The molecule has 3 nitrogen and oxygen atoms in total. The second-order valence-electron chi connectivity index (χ2n) is 3.60. The van der Waals surface area contributed by atoms with E-state index in [-0.39, 0.29) is 11.3 Å². The Morgan fingerprint density at radius 1 is 1.27 bits per heavy atom. The van der Waals surface area contributed by atoms with E-state index < -0.39 is 17.2 Å². The van der Waals surface area contributed by atoms with Crippen LogP contribution in [0.5, 0.6) is 5.75 Å². The summed E-state index contributed by atoms with van der Waals surface area (Å²) in [5.74, 6) is 3.52. The van der Waals surface area contributed by atoms with E-state index in [2.05, 4.69) is 4.84 Å². The number of nitrogens with two attached hydrogens (primary N) is 1. The van der Waals surface area contributed by atoms with E-state index in [1.807, 2.05) is 0 Å². The van der Waals surface area contributed by atoms with Crippen LogP contribution < -0.4 is 10.6 Å². The van der Waals surface area contributed by atoms with E-state index in [1.54, 1.807) is 13.8 Å². The molecule has 0 spiro atoms. The second-order valence-corrected chi connectivity index (χ2v) is 3.60. The van der Waals surface area contributed by atoms with E-state index in [0.717, 1.165) is 12.1 Å². The summed E-state index contributed by atoms with van der Waals surface area (Å²) < 4.78 is 31.2. The lowest BCUT2D eigenvalue weighted by atomic mass is 9.97. The molecule has 0 bridgehead atoms. The molecule has 0 heterocycles. The molecule has 5 heteroatoms. The first-order valence-corrected chi connectivity index (χ1v) is 4.33. The number of hydrogen-bond acceptors (Lipinski definition) is 3. The average molecular weight is 217 g/mol. The third kappa shape index (κ3) is 2.24. The highest BCUT2D eigenvalue weighted by atomic mass is 19.1. The van der Waals surface area contributed by atoms with Gasteiger partial charge in [-0.25, -0.2) is 14.7 Å². The molecule has 0 fully saturated rings. The van der Waals surface area contributed by atoms with Crippen molar-refractivity contribution in [2.24, 2.45) is 5.90 Å². The van der Waals surface area contributed by atoms with Gasteiger partial charge in [-0.05, 0) is 19.9 Å². The molecule has 0 aromatic heterocycles. The van der Waals surface area contributed by atoms with Gasteiger partial charge >= 0.3 is 0 Å². The molecule has 0 saturated carbocycles. The van der Waals surface area contributed by atoms with Crippen molar-refractivity contribution >= 4 is 0 Å². The fraction of sp³-hybridized carbons (Fsp3) is 0.400. The van der Waals surface area contributed by atoms with Gasteiger partial charge in [-0.3, -0.25) is 4.84 Å². The van der Waals surface area contributed by atoms with Gasteiger partial charge in [0.2, 0.25) is 0 Å². The van der Waals surface area contributed by atoms with Crippen LogP contribution in [-0.2, 0) is 10.4 Å². The zero-order chi connectivity index (χ0) is 11.6. The highest BCUT2D eigenvalue weighted by Crippen LogP contribution is 2.34. The minimum atomic E-state index is -1.02. The molecule has 15 heavy (non-hydrogen) atoms. The molecular weight excluding hydrogens is 204 g/mol. The monoisotopic (exact) mass is 217 g/mol. The predicted molar refractivity (Wildman–Crippen MR) is 51.2 cm³/mol. The minimum Gasteiger partial charge on any atom is -0.493 e. The van der Waals surface area contributed by atoms with E-state index in [1.165, 1.54) is 7.11 Å². The highest BCUT2D eigenvalue weighted by molar-refractivity contribution is 5.39. The summed E-state index contributed by atoms with van der Waals surface area (Å²) in [4.78, 5) is 4.66. The maximum Gasteiger partial charge on any atom is 0.168 e. The molecule has 0 unspecified atom stereocenters. The van der Waals surface area contributed by atoms with E-state index in [9.17, 15) is 8.78 Å². The van der Waals surface area contributed by atoms with Crippen molar-refractivity contribution in [1.29, 1.82) is 0 Å². The molecule has 0 aliphatic heterocycles. The van der Waals surface area contributed by atoms with Crippen LogP contribution >= 0.6 is 0 Å². The topological polar surface area (TPSA) is 44.5 Å². The third-order valence-corrected chi connectivity index (χ3v) is 2.16. The molecule has 1 rings (SSSR count). The second kappa shape index (κ2) is 4.12. The summed E-state index contributed by atoms with van der Waals surface area (Å²) in [6, 6.07) is 1.88. The van der Waals surface area contributed by atoms with Crippen molar-refractivity contribution < 1.29 is 18.4 Å². The molecule has 0 aliphatic carbocycles. The Labute approximate surface area is 86.7 Å². The summed E-state index contributed by atoms with van der Waals surface area (Å²) in [5.41, 5.74) is -0.793. The Bertz CT molecular complexity index is 367. The lowest BCUT2D eigenvalue weighted by Crippen LogP contribution is -2.26. The average Bonchev–Trinajstić information content (AvgIpc) is 2.16. The van der Waals surface area contributed by atoms with Gasteiger partial charge in [-0.2, -0.15) is 0 Å². The first-order chi connectivity index (χ1) is 6.92. The van der Waals surface area contributed by atoms with Crippen molar-refractivity contribution in [2.45, 2.75) is 19.4 Å². The van der Waals surface area contributed by atoms with Crippen LogP contribution in [0.3, 0.4) is 0 Å². The predicted octanol–water partition coefficient (Wildman–Crippen LogP) is 2.10. The number of methoxy groups -OCH3 is 1. The SMILES string of the molecule is COc1c(F)cc(F)cc1C(C)(C)ON. The van der Waals surface area contributed by atoms with Crippen LogP contribution in [-0.4, -0.2) is 7.11 Å². The van der Waals surface area contributed by atoms with Crippen LogP contribution in [0.2, 0.25) is 0 Å². The summed E-state index contributed by atoms with van der Waals surface area (Å²) in [7, 11) is 1.30. The molecule has 1 aromatic carbocycles. The van der Waals surface area contributed by atoms with Crippen LogP contribution in [0.15, 0.2) is 12.1 Å². The fourth-order valence-corrected chi connectivity index (χ4v) is 1.28. The summed E-state index contributed by atoms with van der Waals surface area (Å²) >= 11 is 0. The van der Waals surface area contributed by atoms with Crippen molar-refractivity contribution in [3.05, 3.63) is 29.3 Å². The quantitative estimate of drug-likeness (QED) is 0.788. The molecule has 0 atom stereocenters. The smallest absolute Gasteiger partial charge is 0.168 e. The number of benzene rings is 1. The Balaban J connectivity index is 3.39. The lowest BCUT2D eigenvalue weighted by Gasteiger charge is -2.24. The summed E-state index contributed by atoms with van der Waals surface area (Å²) in [5, 5.41) is 0. The van der Waals surface area contributed by atoms with E-state index in [4.69, 9.17) is 10.6 Å². The molecule has 0 saturated heterocycles. The fourth-order valence-electron chi connectivity index (χ4n) is 1.28. The number of hydrogen-bond donors (Lipinski definition) is 1. The van der Waals surface area contributed by atoms with Crippen LogP contribution in [0.25, 0.3) is 0 Å². The molecule has 1 aromatic rings. The molecule has 84 valence electrons. The lowest BCUT2D eigenvalue weighted by molar-refractivity contribution is -0.0256. The van der Waals surface area contributed by atoms with Gasteiger partial charge < -0.3 is 4.74 Å².